The largest absolute Gasteiger partial charge is 0.418 e. The Labute approximate surface area is 103 Å². The maximum atomic E-state index is 12.7. The molecule has 0 N–H and O–H groups in total. The van der Waals surface area contributed by atoms with E-state index in [2.05, 4.69) is 0 Å². The molecule has 0 heterocycles. The molecule has 0 saturated carbocycles. The van der Waals surface area contributed by atoms with Gasteiger partial charge in [-0.15, -0.1) is 11.6 Å². The van der Waals surface area contributed by atoms with Crippen LogP contribution in [0.15, 0.2) is 12.1 Å². The van der Waals surface area contributed by atoms with Gasteiger partial charge < -0.3 is 0 Å². The monoisotopic (exact) mass is 287 g/mol. The molecule has 0 saturated heterocycles. The van der Waals surface area contributed by atoms with Gasteiger partial charge >= 0.3 is 12.4 Å². The van der Waals surface area contributed by atoms with Gasteiger partial charge in [0.15, 0.2) is 0 Å². The lowest BCUT2D eigenvalue weighted by Gasteiger charge is -2.19. The van der Waals surface area contributed by atoms with Crippen molar-refractivity contribution in [1.82, 2.24) is 0 Å². The summed E-state index contributed by atoms with van der Waals surface area (Å²) in [5.74, 6) is -0.733. The molecule has 0 atom stereocenters. The van der Waals surface area contributed by atoms with Gasteiger partial charge in [-0.25, -0.2) is 0 Å². The molecule has 0 unspecified atom stereocenters. The average Bonchev–Trinajstić information content (AvgIpc) is 2.24. The zero-order valence-corrected chi connectivity index (χ0v) is 9.21. The lowest BCUT2D eigenvalue weighted by Crippen LogP contribution is -2.20. The van der Waals surface area contributed by atoms with Gasteiger partial charge in [0, 0.05) is 5.88 Å². The summed E-state index contributed by atoms with van der Waals surface area (Å²) in [5, 5.41) is 8.49. The smallest absolute Gasteiger partial charge is 0.192 e. The summed E-state index contributed by atoms with van der Waals surface area (Å²) in [6.45, 7) is 0. The molecule has 0 aromatic heterocycles. The molecule has 0 aliphatic rings. The molecule has 0 fully saturated rings. The van der Waals surface area contributed by atoms with Crippen molar-refractivity contribution in [3.05, 3.63) is 34.4 Å². The molecule has 1 aromatic carbocycles. The van der Waals surface area contributed by atoms with E-state index in [1.807, 2.05) is 0 Å². The molecule has 0 aliphatic carbocycles. The SMILES string of the molecule is N#Cc1ccc(CCl)c(C(F)(F)F)c1C(F)(F)F. The van der Waals surface area contributed by atoms with Crippen molar-refractivity contribution in [3.8, 4) is 6.07 Å². The van der Waals surface area contributed by atoms with Gasteiger partial charge in [0.2, 0.25) is 0 Å². The topological polar surface area (TPSA) is 23.8 Å². The summed E-state index contributed by atoms with van der Waals surface area (Å²) in [6.07, 6.45) is -10.5. The van der Waals surface area contributed by atoms with Gasteiger partial charge in [0.25, 0.3) is 0 Å². The Bertz CT molecular complexity index is 497. The number of alkyl halides is 7. The molecule has 0 radical (unpaired) electrons. The van der Waals surface area contributed by atoms with Crippen LogP contribution in [0.5, 0.6) is 0 Å². The van der Waals surface area contributed by atoms with Gasteiger partial charge in [-0.2, -0.15) is 31.6 Å². The van der Waals surface area contributed by atoms with Gasteiger partial charge in [-0.05, 0) is 11.6 Å². The summed E-state index contributed by atoms with van der Waals surface area (Å²) >= 11 is 5.21. The van der Waals surface area contributed by atoms with Gasteiger partial charge in [-0.1, -0.05) is 6.07 Å². The standard InChI is InChI=1S/C10H4ClF6N/c11-3-5-1-2-6(4-18)8(10(15,16)17)7(5)9(12,13)14/h1-2H,3H2. The highest BCUT2D eigenvalue weighted by Crippen LogP contribution is 2.44. The number of hydrogen-bond donors (Lipinski definition) is 0. The lowest BCUT2D eigenvalue weighted by molar-refractivity contribution is -0.162. The van der Waals surface area contributed by atoms with Gasteiger partial charge in [0.05, 0.1) is 22.8 Å². The second-order valence-electron chi connectivity index (χ2n) is 3.26. The minimum Gasteiger partial charge on any atom is -0.192 e. The third kappa shape index (κ3) is 2.70. The lowest BCUT2D eigenvalue weighted by atomic mass is 9.96. The van der Waals surface area contributed by atoms with Crippen molar-refractivity contribution in [2.75, 3.05) is 0 Å². The average molecular weight is 288 g/mol. The highest BCUT2D eigenvalue weighted by Gasteiger charge is 2.46. The van der Waals surface area contributed by atoms with Crippen LogP contribution in [0.3, 0.4) is 0 Å². The Hall–Kier alpha value is -1.42. The molecule has 98 valence electrons. The first-order chi connectivity index (χ1) is 8.12. The minimum atomic E-state index is -5.28. The van der Waals surface area contributed by atoms with Crippen LogP contribution in [0, 0.1) is 11.3 Å². The fourth-order valence-electron chi connectivity index (χ4n) is 1.47. The minimum absolute atomic E-state index is 0.676. The summed E-state index contributed by atoms with van der Waals surface area (Å²) in [6, 6.07) is 2.55. The fraction of sp³-hybridized carbons (Fsp3) is 0.300. The summed E-state index contributed by atoms with van der Waals surface area (Å²) in [4.78, 5) is 0. The Morgan fingerprint density at radius 3 is 1.83 bits per heavy atom. The zero-order chi connectivity index (χ0) is 14.1. The number of benzene rings is 1. The third-order valence-electron chi connectivity index (χ3n) is 2.12. The molecule has 0 bridgehead atoms. The summed E-state index contributed by atoms with van der Waals surface area (Å²) in [7, 11) is 0. The van der Waals surface area contributed by atoms with Gasteiger partial charge in [-0.3, -0.25) is 0 Å². The van der Waals surface area contributed by atoms with Crippen LogP contribution >= 0.6 is 11.6 Å². The van der Waals surface area contributed by atoms with Crippen molar-refractivity contribution in [3.63, 3.8) is 0 Å². The molecule has 0 aliphatic heterocycles. The van der Waals surface area contributed by atoms with E-state index in [1.54, 1.807) is 0 Å². The highest BCUT2D eigenvalue weighted by molar-refractivity contribution is 6.17. The number of nitriles is 1. The molecule has 18 heavy (non-hydrogen) atoms. The third-order valence-corrected chi connectivity index (χ3v) is 2.41. The molecular weight excluding hydrogens is 284 g/mol. The second-order valence-corrected chi connectivity index (χ2v) is 3.53. The van der Waals surface area contributed by atoms with Crippen LogP contribution in [0.1, 0.15) is 22.3 Å². The zero-order valence-electron chi connectivity index (χ0n) is 8.45. The van der Waals surface area contributed by atoms with E-state index >= 15 is 0 Å². The van der Waals surface area contributed by atoms with E-state index < -0.39 is 40.5 Å². The molecule has 1 rings (SSSR count). The highest BCUT2D eigenvalue weighted by atomic mass is 35.5. The van der Waals surface area contributed by atoms with Crippen LogP contribution in [0.2, 0.25) is 0 Å². The van der Waals surface area contributed by atoms with Crippen LogP contribution in [-0.4, -0.2) is 0 Å². The normalized spacial score (nSPS) is 12.3. The Kier molecular flexibility index (Phi) is 3.81. The van der Waals surface area contributed by atoms with Crippen molar-refractivity contribution in [2.45, 2.75) is 18.2 Å². The molecular formula is C10H4ClF6N. The first-order valence-electron chi connectivity index (χ1n) is 4.39. The number of nitrogens with zero attached hydrogens (tertiary/aromatic N) is 1. The van der Waals surface area contributed by atoms with Crippen LogP contribution in [0.4, 0.5) is 26.3 Å². The predicted octanol–water partition coefficient (Wildman–Crippen LogP) is 4.33. The maximum absolute atomic E-state index is 12.7. The van der Waals surface area contributed by atoms with Crippen molar-refractivity contribution < 1.29 is 26.3 Å². The van der Waals surface area contributed by atoms with Crippen LogP contribution < -0.4 is 0 Å². The second kappa shape index (κ2) is 4.69. The van der Waals surface area contributed by atoms with Crippen molar-refractivity contribution in [1.29, 1.82) is 5.26 Å². The van der Waals surface area contributed by atoms with E-state index in [1.165, 1.54) is 0 Å². The maximum Gasteiger partial charge on any atom is 0.418 e. The molecule has 1 nitrogen and oxygen atoms in total. The Morgan fingerprint density at radius 2 is 1.50 bits per heavy atom. The summed E-state index contributed by atoms with van der Waals surface area (Å²) in [5.41, 5.74) is -5.68. The number of halogens is 7. The predicted molar refractivity (Wildman–Crippen MR) is 50.7 cm³/mol. The first kappa shape index (κ1) is 14.6. The quantitative estimate of drug-likeness (QED) is 0.557. The summed E-state index contributed by atoms with van der Waals surface area (Å²) < 4.78 is 76.0. The Morgan fingerprint density at radius 1 is 1.00 bits per heavy atom. The van der Waals surface area contributed by atoms with Gasteiger partial charge in [0.1, 0.15) is 0 Å². The molecule has 0 amide bonds. The van der Waals surface area contributed by atoms with E-state index in [0.29, 0.717) is 6.07 Å². The van der Waals surface area contributed by atoms with Crippen LogP contribution in [0.25, 0.3) is 0 Å². The van der Waals surface area contributed by atoms with E-state index in [-0.39, 0.29) is 0 Å². The van der Waals surface area contributed by atoms with Crippen LogP contribution in [-0.2, 0) is 18.2 Å². The molecule has 8 heteroatoms. The van der Waals surface area contributed by atoms with Crippen molar-refractivity contribution in [2.24, 2.45) is 0 Å². The van der Waals surface area contributed by atoms with Crippen molar-refractivity contribution >= 4 is 11.6 Å². The van der Waals surface area contributed by atoms with E-state index in [4.69, 9.17) is 16.9 Å². The first-order valence-corrected chi connectivity index (χ1v) is 4.92. The fourth-order valence-corrected chi connectivity index (χ4v) is 1.69. The Balaban J connectivity index is 3.78. The van der Waals surface area contributed by atoms with E-state index in [9.17, 15) is 26.3 Å². The number of hydrogen-bond acceptors (Lipinski definition) is 1. The molecule has 1 aromatic rings. The number of rotatable bonds is 1. The molecule has 0 spiro atoms. The van der Waals surface area contributed by atoms with E-state index in [0.717, 1.165) is 12.1 Å².